The zero-order valence-corrected chi connectivity index (χ0v) is 17.9. The number of ether oxygens (including phenoxy) is 1. The van der Waals surface area contributed by atoms with Gasteiger partial charge < -0.3 is 4.74 Å². The number of nitro benzene ring substituents is 1. The van der Waals surface area contributed by atoms with Gasteiger partial charge in [0.1, 0.15) is 5.75 Å². The molecule has 4 rings (SSSR count). The number of carbonyl (C=O) groups is 1. The van der Waals surface area contributed by atoms with Crippen molar-refractivity contribution in [3.05, 3.63) is 94.3 Å². The van der Waals surface area contributed by atoms with Crippen LogP contribution in [0, 0.1) is 10.1 Å². The normalized spacial score (nSPS) is 11.0. The lowest BCUT2D eigenvalue weighted by molar-refractivity contribution is -0.384. The maximum Gasteiger partial charge on any atom is 0.269 e. The molecule has 1 amide bonds. The van der Waals surface area contributed by atoms with E-state index in [-0.39, 0.29) is 18.1 Å². The van der Waals surface area contributed by atoms with E-state index in [1.165, 1.54) is 29.5 Å². The summed E-state index contributed by atoms with van der Waals surface area (Å²) in [5, 5.41) is 11.4. The van der Waals surface area contributed by atoms with Crippen molar-refractivity contribution in [3.63, 3.8) is 0 Å². The van der Waals surface area contributed by atoms with Gasteiger partial charge in [-0.3, -0.25) is 24.8 Å². The average Bonchev–Trinajstić information content (AvgIpc) is 3.24. The molecule has 0 N–H and O–H groups in total. The summed E-state index contributed by atoms with van der Waals surface area (Å²) in [6.07, 6.45) is 4.72. The highest BCUT2D eigenvalue weighted by Gasteiger charge is 2.19. The van der Waals surface area contributed by atoms with Gasteiger partial charge in [-0.15, -0.1) is 0 Å². The van der Waals surface area contributed by atoms with E-state index in [0.29, 0.717) is 16.4 Å². The molecule has 2 heterocycles. The Morgan fingerprint density at radius 3 is 2.69 bits per heavy atom. The second kappa shape index (κ2) is 9.36. The van der Waals surface area contributed by atoms with Gasteiger partial charge in [0.05, 0.1) is 34.5 Å². The molecule has 2 aromatic heterocycles. The zero-order valence-electron chi connectivity index (χ0n) is 17.0. The number of aromatic nitrogens is 2. The van der Waals surface area contributed by atoms with Gasteiger partial charge in [-0.05, 0) is 54.1 Å². The number of methoxy groups -OCH3 is 1. The fourth-order valence-electron chi connectivity index (χ4n) is 2.99. The van der Waals surface area contributed by atoms with Gasteiger partial charge in [0.15, 0.2) is 5.13 Å². The van der Waals surface area contributed by atoms with Crippen LogP contribution in [0.3, 0.4) is 0 Å². The van der Waals surface area contributed by atoms with Gasteiger partial charge >= 0.3 is 0 Å². The highest BCUT2D eigenvalue weighted by Crippen LogP contribution is 2.32. The van der Waals surface area contributed by atoms with Crippen LogP contribution in [0.25, 0.3) is 16.3 Å². The number of carbonyl (C=O) groups excluding carboxylic acids is 1. The van der Waals surface area contributed by atoms with Crippen molar-refractivity contribution in [3.8, 4) is 5.75 Å². The fraction of sp³-hybridized carbons (Fsp3) is 0.0870. The molecule has 9 heteroatoms. The number of benzene rings is 2. The summed E-state index contributed by atoms with van der Waals surface area (Å²) in [5.74, 6) is 0.438. The lowest BCUT2D eigenvalue weighted by Crippen LogP contribution is -2.29. The van der Waals surface area contributed by atoms with Crippen LogP contribution in [0.15, 0.2) is 72.9 Å². The molecular weight excluding hydrogens is 428 g/mol. The van der Waals surface area contributed by atoms with E-state index in [1.807, 2.05) is 36.4 Å². The van der Waals surface area contributed by atoms with Crippen LogP contribution < -0.4 is 9.64 Å². The van der Waals surface area contributed by atoms with Crippen molar-refractivity contribution in [2.75, 3.05) is 12.0 Å². The third-order valence-electron chi connectivity index (χ3n) is 4.65. The summed E-state index contributed by atoms with van der Waals surface area (Å²) < 4.78 is 6.18. The molecule has 0 unspecified atom stereocenters. The number of hydrogen-bond donors (Lipinski definition) is 0. The topological polar surface area (TPSA) is 98.5 Å². The Hall–Kier alpha value is -4.11. The summed E-state index contributed by atoms with van der Waals surface area (Å²) >= 11 is 1.39. The number of thiazole rings is 1. The Kier molecular flexibility index (Phi) is 6.18. The van der Waals surface area contributed by atoms with Crippen molar-refractivity contribution < 1.29 is 14.5 Å². The highest BCUT2D eigenvalue weighted by atomic mass is 32.1. The minimum Gasteiger partial charge on any atom is -0.497 e. The van der Waals surface area contributed by atoms with E-state index in [4.69, 9.17) is 4.74 Å². The summed E-state index contributed by atoms with van der Waals surface area (Å²) in [6, 6.07) is 17.1. The van der Waals surface area contributed by atoms with Crippen LogP contribution in [0.4, 0.5) is 10.8 Å². The van der Waals surface area contributed by atoms with Crippen molar-refractivity contribution in [2.45, 2.75) is 6.54 Å². The smallest absolute Gasteiger partial charge is 0.269 e. The van der Waals surface area contributed by atoms with Gasteiger partial charge in [0.25, 0.3) is 11.6 Å². The molecule has 8 nitrogen and oxygen atoms in total. The van der Waals surface area contributed by atoms with Crippen LogP contribution in [0.5, 0.6) is 5.75 Å². The zero-order chi connectivity index (χ0) is 22.5. The Morgan fingerprint density at radius 2 is 2.00 bits per heavy atom. The summed E-state index contributed by atoms with van der Waals surface area (Å²) in [5.41, 5.74) is 2.16. The minimum atomic E-state index is -0.463. The lowest BCUT2D eigenvalue weighted by atomic mass is 10.2. The number of hydrogen-bond acceptors (Lipinski definition) is 7. The molecule has 0 atom stereocenters. The average molecular weight is 446 g/mol. The first-order chi connectivity index (χ1) is 15.5. The van der Waals surface area contributed by atoms with E-state index in [0.717, 1.165) is 15.9 Å². The maximum atomic E-state index is 13.1. The molecular formula is C23H18N4O4S. The van der Waals surface area contributed by atoms with Crippen LogP contribution in [0.2, 0.25) is 0 Å². The summed E-state index contributed by atoms with van der Waals surface area (Å²) in [7, 11) is 1.60. The number of anilines is 1. The molecule has 2 aromatic carbocycles. The van der Waals surface area contributed by atoms with Crippen molar-refractivity contribution in [1.82, 2.24) is 9.97 Å². The van der Waals surface area contributed by atoms with Crippen LogP contribution >= 0.6 is 11.3 Å². The molecule has 4 aromatic rings. The molecule has 0 saturated heterocycles. The highest BCUT2D eigenvalue weighted by molar-refractivity contribution is 7.22. The monoisotopic (exact) mass is 446 g/mol. The Bertz CT molecular complexity index is 1290. The number of nitro groups is 1. The standard InChI is InChI=1S/C23H18N4O4S/c1-31-19-10-11-20-21(14-19)32-23(25-20)26(15-17-4-2-3-13-24-17)22(28)12-7-16-5-8-18(9-6-16)27(29)30/h2-14H,15H2,1H3/b12-7+. The second-order valence-corrected chi connectivity index (χ2v) is 7.77. The molecule has 0 aliphatic heterocycles. The number of fused-ring (bicyclic) bond motifs is 1. The van der Waals surface area contributed by atoms with Crippen LogP contribution in [-0.4, -0.2) is 27.9 Å². The molecule has 32 heavy (non-hydrogen) atoms. The molecule has 0 aliphatic rings. The van der Waals surface area contributed by atoms with Gasteiger partial charge in [-0.25, -0.2) is 4.98 Å². The number of non-ortho nitro benzene ring substituents is 1. The quantitative estimate of drug-likeness (QED) is 0.229. The first kappa shape index (κ1) is 21.1. The molecule has 0 radical (unpaired) electrons. The van der Waals surface area contributed by atoms with E-state index >= 15 is 0 Å². The van der Waals surface area contributed by atoms with Gasteiger partial charge in [-0.1, -0.05) is 17.4 Å². The van der Waals surface area contributed by atoms with E-state index in [9.17, 15) is 14.9 Å². The van der Waals surface area contributed by atoms with Gasteiger partial charge in [0.2, 0.25) is 0 Å². The van der Waals surface area contributed by atoms with E-state index in [2.05, 4.69) is 9.97 Å². The number of pyridine rings is 1. The molecule has 0 aliphatic carbocycles. The number of amides is 1. The Morgan fingerprint density at radius 1 is 1.19 bits per heavy atom. The molecule has 0 spiro atoms. The van der Waals surface area contributed by atoms with Crippen LogP contribution in [0.1, 0.15) is 11.3 Å². The van der Waals surface area contributed by atoms with Crippen molar-refractivity contribution in [2.24, 2.45) is 0 Å². The van der Waals surface area contributed by atoms with E-state index < -0.39 is 4.92 Å². The predicted molar refractivity (Wildman–Crippen MR) is 124 cm³/mol. The predicted octanol–water partition coefficient (Wildman–Crippen LogP) is 4.85. The van der Waals surface area contributed by atoms with Gasteiger partial charge in [0, 0.05) is 24.4 Å². The Labute approximate surface area is 187 Å². The largest absolute Gasteiger partial charge is 0.497 e. The van der Waals surface area contributed by atoms with E-state index in [1.54, 1.807) is 36.4 Å². The Balaban J connectivity index is 1.64. The first-order valence-electron chi connectivity index (χ1n) is 9.62. The number of nitrogens with zero attached hydrogens (tertiary/aromatic N) is 4. The van der Waals surface area contributed by atoms with Gasteiger partial charge in [-0.2, -0.15) is 0 Å². The third-order valence-corrected chi connectivity index (χ3v) is 5.69. The lowest BCUT2D eigenvalue weighted by Gasteiger charge is -2.17. The minimum absolute atomic E-state index is 0.00448. The first-order valence-corrected chi connectivity index (χ1v) is 10.4. The summed E-state index contributed by atoms with van der Waals surface area (Å²) in [6.45, 7) is 0.251. The fourth-order valence-corrected chi connectivity index (χ4v) is 3.99. The SMILES string of the molecule is COc1ccc2nc(N(Cc3ccccn3)C(=O)/C=C/c3ccc([N+](=O)[O-])cc3)sc2c1. The maximum absolute atomic E-state index is 13.1. The van der Waals surface area contributed by atoms with Crippen molar-refractivity contribution >= 4 is 44.4 Å². The number of rotatable bonds is 7. The third kappa shape index (κ3) is 4.79. The summed E-state index contributed by atoms with van der Waals surface area (Å²) in [4.78, 5) is 34.0. The molecule has 0 fully saturated rings. The molecule has 0 saturated carbocycles. The molecule has 160 valence electrons. The van der Waals surface area contributed by atoms with Crippen molar-refractivity contribution in [1.29, 1.82) is 0 Å². The molecule has 0 bridgehead atoms. The van der Waals surface area contributed by atoms with Crippen LogP contribution in [-0.2, 0) is 11.3 Å². The second-order valence-electron chi connectivity index (χ2n) is 6.76.